The van der Waals surface area contributed by atoms with Gasteiger partial charge in [-0.15, -0.1) is 0 Å². The molecule has 1 aliphatic rings. The highest BCUT2D eigenvalue weighted by Gasteiger charge is 2.23. The van der Waals surface area contributed by atoms with E-state index in [-0.39, 0.29) is 6.04 Å². The van der Waals surface area contributed by atoms with Crippen LogP contribution in [-0.2, 0) is 6.42 Å². The average molecular weight is 272 g/mol. The predicted molar refractivity (Wildman–Crippen MR) is 76.6 cm³/mol. The number of aryl methyl sites for hydroxylation is 1. The van der Waals surface area contributed by atoms with Crippen molar-refractivity contribution in [3.05, 3.63) is 41.5 Å². The highest BCUT2D eigenvalue weighted by Crippen LogP contribution is 2.33. The molecule has 2 unspecified atom stereocenters. The lowest BCUT2D eigenvalue weighted by molar-refractivity contribution is 0.398. The predicted octanol–water partition coefficient (Wildman–Crippen LogP) is 2.54. The largest absolute Gasteiger partial charge is 0.497 e. The minimum Gasteiger partial charge on any atom is -0.497 e. The lowest BCUT2D eigenvalue weighted by atomic mass is 9.87. The summed E-state index contributed by atoms with van der Waals surface area (Å²) in [5.74, 6) is 1.82. The van der Waals surface area contributed by atoms with Gasteiger partial charge < -0.3 is 10.1 Å². The molecule has 1 aromatic carbocycles. The number of ether oxygens (including phenoxy) is 1. The number of aromatic amines is 1. The van der Waals surface area contributed by atoms with Crippen LogP contribution in [0.5, 0.6) is 5.75 Å². The molecule has 5 nitrogen and oxygen atoms in total. The van der Waals surface area contributed by atoms with Crippen LogP contribution in [0.1, 0.15) is 48.8 Å². The van der Waals surface area contributed by atoms with Crippen LogP contribution in [0, 0.1) is 0 Å². The molecule has 0 bridgehead atoms. The fraction of sp³-hybridized carbons (Fsp3) is 0.467. The third-order valence-electron chi connectivity index (χ3n) is 3.96. The number of rotatable bonds is 4. The van der Waals surface area contributed by atoms with Crippen molar-refractivity contribution in [3.8, 4) is 5.75 Å². The zero-order valence-electron chi connectivity index (χ0n) is 11.9. The van der Waals surface area contributed by atoms with Gasteiger partial charge in [-0.2, -0.15) is 5.10 Å². The van der Waals surface area contributed by atoms with Gasteiger partial charge in [0.05, 0.1) is 13.2 Å². The number of benzene rings is 1. The topological polar surface area (TPSA) is 62.8 Å². The molecule has 2 aromatic rings. The minimum atomic E-state index is 0.163. The van der Waals surface area contributed by atoms with Crippen LogP contribution in [0.25, 0.3) is 0 Å². The quantitative estimate of drug-likeness (QED) is 0.898. The van der Waals surface area contributed by atoms with Crippen molar-refractivity contribution >= 4 is 0 Å². The molecule has 5 heteroatoms. The van der Waals surface area contributed by atoms with Crippen LogP contribution >= 0.6 is 0 Å². The number of H-pyrrole nitrogens is 1. The molecule has 0 saturated carbocycles. The third kappa shape index (κ3) is 2.54. The molecule has 0 spiro atoms. The van der Waals surface area contributed by atoms with Crippen LogP contribution in [0.4, 0.5) is 0 Å². The van der Waals surface area contributed by atoms with E-state index < -0.39 is 0 Å². The molecule has 3 rings (SSSR count). The summed E-state index contributed by atoms with van der Waals surface area (Å²) < 4.78 is 5.31. The van der Waals surface area contributed by atoms with Crippen LogP contribution in [0.3, 0.4) is 0 Å². The van der Waals surface area contributed by atoms with E-state index in [2.05, 4.69) is 39.6 Å². The average Bonchev–Trinajstić information content (AvgIpc) is 3.01. The van der Waals surface area contributed by atoms with Gasteiger partial charge in [-0.05, 0) is 49.4 Å². The first-order chi connectivity index (χ1) is 9.78. The second-order valence-electron chi connectivity index (χ2n) is 5.27. The molecule has 0 radical (unpaired) electrons. The molecule has 0 aliphatic heterocycles. The lowest BCUT2D eigenvalue weighted by Crippen LogP contribution is -2.28. The lowest BCUT2D eigenvalue weighted by Gasteiger charge is -2.29. The summed E-state index contributed by atoms with van der Waals surface area (Å²) in [5.41, 5.74) is 2.77. The smallest absolute Gasteiger partial charge is 0.141 e. The van der Waals surface area contributed by atoms with E-state index in [0.717, 1.165) is 24.4 Å². The monoisotopic (exact) mass is 272 g/mol. The van der Waals surface area contributed by atoms with Crippen molar-refractivity contribution in [2.45, 2.75) is 38.3 Å². The van der Waals surface area contributed by atoms with Crippen LogP contribution < -0.4 is 10.1 Å². The molecule has 1 aromatic heterocycles. The van der Waals surface area contributed by atoms with Gasteiger partial charge >= 0.3 is 0 Å². The van der Waals surface area contributed by atoms with Crippen LogP contribution in [0.15, 0.2) is 24.5 Å². The Morgan fingerprint density at radius 3 is 3.10 bits per heavy atom. The van der Waals surface area contributed by atoms with Crippen molar-refractivity contribution in [3.63, 3.8) is 0 Å². The highest BCUT2D eigenvalue weighted by atomic mass is 16.5. The van der Waals surface area contributed by atoms with Gasteiger partial charge in [0.15, 0.2) is 0 Å². The van der Waals surface area contributed by atoms with E-state index in [9.17, 15) is 0 Å². The standard InChI is InChI=1S/C15H20N4O/c1-10(15-16-9-17-19-15)18-14-5-3-4-11-8-12(20-2)6-7-13(11)14/h6-10,14,18H,3-5H2,1-2H3,(H,16,17,19). The van der Waals surface area contributed by atoms with E-state index in [1.165, 1.54) is 17.5 Å². The Morgan fingerprint density at radius 1 is 1.45 bits per heavy atom. The molecule has 2 N–H and O–H groups in total. The van der Waals surface area contributed by atoms with Gasteiger partial charge in [-0.25, -0.2) is 4.98 Å². The summed E-state index contributed by atoms with van der Waals surface area (Å²) in [6.45, 7) is 2.11. The fourth-order valence-electron chi connectivity index (χ4n) is 2.90. The Bertz CT molecular complexity index is 567. The van der Waals surface area contributed by atoms with Gasteiger partial charge in [-0.3, -0.25) is 5.10 Å². The van der Waals surface area contributed by atoms with Crippen LogP contribution in [0.2, 0.25) is 0 Å². The zero-order valence-corrected chi connectivity index (χ0v) is 11.9. The first-order valence-corrected chi connectivity index (χ1v) is 7.06. The summed E-state index contributed by atoms with van der Waals surface area (Å²) in [6, 6.07) is 6.90. The first kappa shape index (κ1) is 13.1. The van der Waals surface area contributed by atoms with E-state index in [4.69, 9.17) is 4.74 Å². The molecule has 1 heterocycles. The van der Waals surface area contributed by atoms with Crippen molar-refractivity contribution < 1.29 is 4.74 Å². The van der Waals surface area contributed by atoms with Gasteiger partial charge in [0, 0.05) is 6.04 Å². The summed E-state index contributed by atoms with van der Waals surface area (Å²) in [5, 5.41) is 10.5. The van der Waals surface area contributed by atoms with Crippen molar-refractivity contribution in [2.24, 2.45) is 0 Å². The number of methoxy groups -OCH3 is 1. The number of aromatic nitrogens is 3. The molecule has 20 heavy (non-hydrogen) atoms. The maximum Gasteiger partial charge on any atom is 0.141 e. The third-order valence-corrected chi connectivity index (χ3v) is 3.96. The summed E-state index contributed by atoms with van der Waals surface area (Å²) in [6.07, 6.45) is 5.02. The summed E-state index contributed by atoms with van der Waals surface area (Å²) in [4.78, 5) is 4.22. The van der Waals surface area contributed by atoms with Gasteiger partial charge in [0.2, 0.25) is 0 Å². The summed E-state index contributed by atoms with van der Waals surface area (Å²) >= 11 is 0. The summed E-state index contributed by atoms with van der Waals surface area (Å²) in [7, 11) is 1.71. The zero-order chi connectivity index (χ0) is 13.9. The second kappa shape index (κ2) is 5.63. The number of nitrogens with one attached hydrogen (secondary N) is 2. The normalized spacial score (nSPS) is 19.4. The maximum absolute atomic E-state index is 5.31. The Morgan fingerprint density at radius 2 is 2.35 bits per heavy atom. The molecule has 0 amide bonds. The van der Waals surface area contributed by atoms with E-state index in [1.807, 2.05) is 6.07 Å². The molecule has 2 atom stereocenters. The van der Waals surface area contributed by atoms with Gasteiger partial charge in [0.25, 0.3) is 0 Å². The maximum atomic E-state index is 5.31. The SMILES string of the molecule is COc1ccc2c(c1)CCCC2NC(C)c1ncn[nH]1. The molecular weight excluding hydrogens is 252 g/mol. The molecule has 0 fully saturated rings. The van der Waals surface area contributed by atoms with E-state index in [0.29, 0.717) is 6.04 Å². The Balaban J connectivity index is 1.79. The number of hydrogen-bond acceptors (Lipinski definition) is 4. The molecule has 106 valence electrons. The number of fused-ring (bicyclic) bond motifs is 1. The van der Waals surface area contributed by atoms with Gasteiger partial charge in [0.1, 0.15) is 17.9 Å². The second-order valence-corrected chi connectivity index (χ2v) is 5.27. The molecule has 0 saturated heterocycles. The highest BCUT2D eigenvalue weighted by molar-refractivity contribution is 5.39. The van der Waals surface area contributed by atoms with E-state index >= 15 is 0 Å². The van der Waals surface area contributed by atoms with Crippen molar-refractivity contribution in [2.75, 3.05) is 7.11 Å². The van der Waals surface area contributed by atoms with Crippen molar-refractivity contribution in [1.29, 1.82) is 0 Å². The molecule has 1 aliphatic carbocycles. The van der Waals surface area contributed by atoms with Crippen LogP contribution in [-0.4, -0.2) is 22.3 Å². The van der Waals surface area contributed by atoms with E-state index in [1.54, 1.807) is 13.4 Å². The number of hydrogen-bond donors (Lipinski definition) is 2. The molecular formula is C15H20N4O. The van der Waals surface area contributed by atoms with Crippen molar-refractivity contribution in [1.82, 2.24) is 20.5 Å². The van der Waals surface area contributed by atoms with Gasteiger partial charge in [-0.1, -0.05) is 6.07 Å². The Kier molecular flexibility index (Phi) is 3.69. The number of nitrogens with zero attached hydrogens (tertiary/aromatic N) is 2. The fourth-order valence-corrected chi connectivity index (χ4v) is 2.90. The Labute approximate surface area is 118 Å². The first-order valence-electron chi connectivity index (χ1n) is 7.06. The Hall–Kier alpha value is -1.88. The minimum absolute atomic E-state index is 0.163.